The van der Waals surface area contributed by atoms with Crippen LogP contribution in [0.4, 0.5) is 0 Å². The van der Waals surface area contributed by atoms with E-state index in [2.05, 4.69) is 36.5 Å². The molecule has 0 atom stereocenters. The van der Waals surface area contributed by atoms with E-state index < -0.39 is 5.91 Å². The van der Waals surface area contributed by atoms with Crippen molar-refractivity contribution in [3.8, 4) is 0 Å². The molecule has 3 rings (SSSR count). The standard InChI is InChI=1S/C15H13BrClN5O2/c16-11-7-19-22(8-11)9-13-20-15(24-21-13)14(23)18-6-5-10-1-3-12(17)4-2-10/h1-4,7-8H,5-6,9H2,(H,18,23). The van der Waals surface area contributed by atoms with Crippen molar-refractivity contribution in [2.75, 3.05) is 6.54 Å². The normalized spacial score (nSPS) is 10.8. The van der Waals surface area contributed by atoms with Crippen LogP contribution >= 0.6 is 27.5 Å². The summed E-state index contributed by atoms with van der Waals surface area (Å²) in [6.07, 6.45) is 4.12. The fraction of sp³-hybridized carbons (Fsp3) is 0.200. The van der Waals surface area contributed by atoms with Crippen molar-refractivity contribution in [1.29, 1.82) is 0 Å². The van der Waals surface area contributed by atoms with Crippen LogP contribution in [0.5, 0.6) is 0 Å². The molecule has 3 aromatic rings. The van der Waals surface area contributed by atoms with Crippen LogP contribution in [0, 0.1) is 0 Å². The minimum Gasteiger partial charge on any atom is -0.347 e. The summed E-state index contributed by atoms with van der Waals surface area (Å²) >= 11 is 9.14. The maximum atomic E-state index is 12.0. The Hall–Kier alpha value is -2.19. The van der Waals surface area contributed by atoms with Crippen LogP contribution in [0.15, 0.2) is 45.7 Å². The SMILES string of the molecule is O=C(NCCc1ccc(Cl)cc1)c1nc(Cn2cc(Br)cn2)no1. The van der Waals surface area contributed by atoms with Crippen LogP contribution in [-0.2, 0) is 13.0 Å². The maximum Gasteiger partial charge on any atom is 0.316 e. The van der Waals surface area contributed by atoms with Crippen molar-refractivity contribution in [2.45, 2.75) is 13.0 Å². The molecule has 0 saturated heterocycles. The third-order valence-electron chi connectivity index (χ3n) is 3.18. The van der Waals surface area contributed by atoms with Crippen LogP contribution in [-0.4, -0.2) is 32.4 Å². The molecule has 0 aliphatic heterocycles. The van der Waals surface area contributed by atoms with Gasteiger partial charge < -0.3 is 9.84 Å². The van der Waals surface area contributed by atoms with Crippen LogP contribution in [0.2, 0.25) is 5.02 Å². The number of benzene rings is 1. The van der Waals surface area contributed by atoms with E-state index in [0.717, 1.165) is 10.0 Å². The van der Waals surface area contributed by atoms with E-state index in [9.17, 15) is 4.79 Å². The highest BCUT2D eigenvalue weighted by Gasteiger charge is 2.15. The molecular weight excluding hydrogens is 398 g/mol. The van der Waals surface area contributed by atoms with Crippen molar-refractivity contribution >= 4 is 33.4 Å². The summed E-state index contributed by atoms with van der Waals surface area (Å²) in [6, 6.07) is 7.47. The Kier molecular flexibility index (Phi) is 5.27. The number of nitrogens with one attached hydrogen (secondary N) is 1. The molecular formula is C15H13BrClN5O2. The molecule has 2 heterocycles. The summed E-state index contributed by atoms with van der Waals surface area (Å²) in [5.41, 5.74) is 1.08. The molecule has 0 spiro atoms. The number of carbonyl (C=O) groups is 1. The minimum atomic E-state index is -0.399. The lowest BCUT2D eigenvalue weighted by Gasteiger charge is -2.02. The zero-order chi connectivity index (χ0) is 16.9. The zero-order valence-corrected chi connectivity index (χ0v) is 14.8. The fourth-order valence-electron chi connectivity index (χ4n) is 2.03. The molecule has 1 aromatic carbocycles. The number of rotatable bonds is 6. The summed E-state index contributed by atoms with van der Waals surface area (Å²) < 4.78 is 7.47. The summed E-state index contributed by atoms with van der Waals surface area (Å²) in [7, 11) is 0. The van der Waals surface area contributed by atoms with Gasteiger partial charge in [0.15, 0.2) is 5.82 Å². The molecule has 2 aromatic heterocycles. The third kappa shape index (κ3) is 4.42. The summed E-state index contributed by atoms with van der Waals surface area (Å²) in [5, 5.41) is 11.3. The van der Waals surface area contributed by atoms with Crippen molar-refractivity contribution in [3.63, 3.8) is 0 Å². The van der Waals surface area contributed by atoms with Gasteiger partial charge in [-0.3, -0.25) is 9.48 Å². The predicted molar refractivity (Wildman–Crippen MR) is 90.8 cm³/mol. The lowest BCUT2D eigenvalue weighted by atomic mass is 10.1. The van der Waals surface area contributed by atoms with E-state index in [4.69, 9.17) is 16.1 Å². The Labute approximate surface area is 151 Å². The highest BCUT2D eigenvalue weighted by atomic mass is 79.9. The largest absolute Gasteiger partial charge is 0.347 e. The van der Waals surface area contributed by atoms with Gasteiger partial charge in [-0.05, 0) is 40.0 Å². The van der Waals surface area contributed by atoms with Gasteiger partial charge in [-0.15, -0.1) is 0 Å². The number of hydrogen-bond donors (Lipinski definition) is 1. The van der Waals surface area contributed by atoms with E-state index in [1.807, 2.05) is 24.3 Å². The second-order valence-electron chi connectivity index (χ2n) is 5.00. The van der Waals surface area contributed by atoms with Crippen LogP contribution in [0.3, 0.4) is 0 Å². The van der Waals surface area contributed by atoms with Gasteiger partial charge in [-0.1, -0.05) is 28.9 Å². The summed E-state index contributed by atoms with van der Waals surface area (Å²) in [6.45, 7) is 0.789. The first-order chi connectivity index (χ1) is 11.6. The molecule has 1 N–H and O–H groups in total. The van der Waals surface area contributed by atoms with Crippen LogP contribution in [0.25, 0.3) is 0 Å². The predicted octanol–water partition coefficient (Wildman–Crippen LogP) is 2.70. The first-order valence-electron chi connectivity index (χ1n) is 7.13. The van der Waals surface area contributed by atoms with Gasteiger partial charge in [0.25, 0.3) is 0 Å². The Morgan fingerprint density at radius 1 is 1.33 bits per heavy atom. The molecule has 0 unspecified atom stereocenters. The Bertz CT molecular complexity index is 831. The average molecular weight is 411 g/mol. The molecule has 24 heavy (non-hydrogen) atoms. The smallest absolute Gasteiger partial charge is 0.316 e. The zero-order valence-electron chi connectivity index (χ0n) is 12.4. The van der Waals surface area contributed by atoms with E-state index >= 15 is 0 Å². The van der Waals surface area contributed by atoms with Crippen LogP contribution < -0.4 is 5.32 Å². The van der Waals surface area contributed by atoms with Crippen molar-refractivity contribution in [3.05, 3.63) is 63.4 Å². The van der Waals surface area contributed by atoms with Crippen molar-refractivity contribution < 1.29 is 9.32 Å². The molecule has 0 bridgehead atoms. The Balaban J connectivity index is 1.51. The van der Waals surface area contributed by atoms with E-state index in [0.29, 0.717) is 30.4 Å². The lowest BCUT2D eigenvalue weighted by Crippen LogP contribution is -2.26. The van der Waals surface area contributed by atoms with Gasteiger partial charge in [0.05, 0.1) is 10.7 Å². The highest BCUT2D eigenvalue weighted by molar-refractivity contribution is 9.10. The van der Waals surface area contributed by atoms with E-state index in [-0.39, 0.29) is 5.89 Å². The number of hydrogen-bond acceptors (Lipinski definition) is 5. The second-order valence-corrected chi connectivity index (χ2v) is 6.36. The topological polar surface area (TPSA) is 85.8 Å². The molecule has 0 radical (unpaired) electrons. The number of nitrogens with zero attached hydrogens (tertiary/aromatic N) is 4. The highest BCUT2D eigenvalue weighted by Crippen LogP contribution is 2.10. The maximum absolute atomic E-state index is 12.0. The minimum absolute atomic E-state index is 0.0627. The number of halogens is 2. The molecule has 0 fully saturated rings. The lowest BCUT2D eigenvalue weighted by molar-refractivity contribution is 0.0910. The van der Waals surface area contributed by atoms with Gasteiger partial charge in [-0.2, -0.15) is 10.1 Å². The first kappa shape index (κ1) is 16.7. The van der Waals surface area contributed by atoms with Crippen molar-refractivity contribution in [1.82, 2.24) is 25.2 Å². The molecule has 0 saturated carbocycles. The molecule has 124 valence electrons. The number of amides is 1. The van der Waals surface area contributed by atoms with Crippen molar-refractivity contribution in [2.24, 2.45) is 0 Å². The third-order valence-corrected chi connectivity index (χ3v) is 3.84. The Morgan fingerprint density at radius 3 is 2.83 bits per heavy atom. The van der Waals surface area contributed by atoms with E-state index in [1.54, 1.807) is 17.1 Å². The summed E-state index contributed by atoms with van der Waals surface area (Å²) in [5.74, 6) is -0.0786. The monoisotopic (exact) mass is 409 g/mol. The molecule has 0 aliphatic rings. The van der Waals surface area contributed by atoms with Gasteiger partial charge in [0.2, 0.25) is 0 Å². The molecule has 9 heteroatoms. The van der Waals surface area contributed by atoms with Crippen LogP contribution in [0.1, 0.15) is 22.1 Å². The fourth-order valence-corrected chi connectivity index (χ4v) is 2.48. The number of aromatic nitrogens is 4. The number of carbonyl (C=O) groups excluding carboxylic acids is 1. The molecule has 1 amide bonds. The second kappa shape index (κ2) is 7.59. The summed E-state index contributed by atoms with van der Waals surface area (Å²) in [4.78, 5) is 16.1. The van der Waals surface area contributed by atoms with Gasteiger partial charge in [0, 0.05) is 17.8 Å². The first-order valence-corrected chi connectivity index (χ1v) is 8.30. The van der Waals surface area contributed by atoms with Gasteiger partial charge >= 0.3 is 11.8 Å². The van der Waals surface area contributed by atoms with E-state index in [1.165, 1.54) is 0 Å². The van der Waals surface area contributed by atoms with Gasteiger partial charge in [-0.25, -0.2) is 0 Å². The van der Waals surface area contributed by atoms with Gasteiger partial charge in [0.1, 0.15) is 6.54 Å². The average Bonchev–Trinajstić information content (AvgIpc) is 3.19. The quantitative estimate of drug-likeness (QED) is 0.675. The Morgan fingerprint density at radius 2 is 2.12 bits per heavy atom. The molecule has 0 aliphatic carbocycles. The molecule has 7 nitrogen and oxygen atoms in total.